The molecular formula is C8H9BrO2S. The van der Waals surface area contributed by atoms with E-state index in [1.807, 2.05) is 11.4 Å². The van der Waals surface area contributed by atoms with E-state index >= 15 is 0 Å². The quantitative estimate of drug-likeness (QED) is 0.832. The average Bonchev–Trinajstić information content (AvgIpc) is 2.47. The highest BCUT2D eigenvalue weighted by Gasteiger charge is 2.07. The monoisotopic (exact) mass is 248 g/mol. The molecule has 1 N–H and O–H groups in total. The number of carbonyl (C=O) groups excluding carboxylic acids is 1. The standard InChI is InChI=1S/C8H9BrO2S/c9-6-4-8(12-5-6)7(11)2-1-3-10/h4-5,10H,1-3H2. The fraction of sp³-hybridized carbons (Fsp3) is 0.375. The molecule has 0 spiro atoms. The summed E-state index contributed by atoms with van der Waals surface area (Å²) in [6.45, 7) is 0.0816. The van der Waals surface area contributed by atoms with Crippen LogP contribution in [0.25, 0.3) is 0 Å². The molecule has 66 valence electrons. The van der Waals surface area contributed by atoms with Gasteiger partial charge in [0.1, 0.15) is 0 Å². The molecule has 0 amide bonds. The van der Waals surface area contributed by atoms with Crippen molar-refractivity contribution in [3.05, 3.63) is 20.8 Å². The van der Waals surface area contributed by atoms with Gasteiger partial charge >= 0.3 is 0 Å². The number of thiophene rings is 1. The maximum absolute atomic E-state index is 11.3. The van der Waals surface area contributed by atoms with Gasteiger partial charge in [-0.25, -0.2) is 0 Å². The number of rotatable bonds is 4. The molecule has 0 radical (unpaired) electrons. The highest BCUT2D eigenvalue weighted by Crippen LogP contribution is 2.21. The number of ketones is 1. The Balaban J connectivity index is 2.53. The first-order chi connectivity index (χ1) is 5.74. The maximum atomic E-state index is 11.3. The topological polar surface area (TPSA) is 37.3 Å². The predicted molar refractivity (Wildman–Crippen MR) is 52.7 cm³/mol. The van der Waals surface area contributed by atoms with Crippen molar-refractivity contribution >= 4 is 33.0 Å². The van der Waals surface area contributed by atoms with Gasteiger partial charge in [0.05, 0.1) is 4.88 Å². The summed E-state index contributed by atoms with van der Waals surface area (Å²) in [7, 11) is 0. The Labute approximate surface area is 83.4 Å². The zero-order valence-corrected chi connectivity index (χ0v) is 8.82. The molecule has 0 saturated carbocycles. The van der Waals surface area contributed by atoms with Gasteiger partial charge in [-0.05, 0) is 28.4 Å². The first-order valence-corrected chi connectivity index (χ1v) is 5.29. The van der Waals surface area contributed by atoms with Crippen molar-refractivity contribution in [3.8, 4) is 0 Å². The number of aliphatic hydroxyl groups excluding tert-OH is 1. The number of Topliss-reactive ketones (excluding diaryl/α,β-unsaturated/α-hetero) is 1. The van der Waals surface area contributed by atoms with Crippen LogP contribution in [0, 0.1) is 0 Å². The van der Waals surface area contributed by atoms with Crippen LogP contribution in [0.1, 0.15) is 22.5 Å². The first kappa shape index (κ1) is 9.89. The molecule has 0 saturated heterocycles. The molecule has 1 aromatic rings. The van der Waals surface area contributed by atoms with Crippen LogP contribution < -0.4 is 0 Å². The van der Waals surface area contributed by atoms with E-state index in [0.29, 0.717) is 12.8 Å². The van der Waals surface area contributed by atoms with Crippen LogP contribution in [-0.2, 0) is 0 Å². The fourth-order valence-electron chi connectivity index (χ4n) is 0.822. The third kappa shape index (κ3) is 2.69. The van der Waals surface area contributed by atoms with Crippen molar-refractivity contribution in [1.82, 2.24) is 0 Å². The molecule has 0 aliphatic carbocycles. The maximum Gasteiger partial charge on any atom is 0.172 e. The van der Waals surface area contributed by atoms with Crippen LogP contribution in [0.2, 0.25) is 0 Å². The Bertz CT molecular complexity index is 270. The molecule has 0 unspecified atom stereocenters. The van der Waals surface area contributed by atoms with Crippen LogP contribution in [0.4, 0.5) is 0 Å². The van der Waals surface area contributed by atoms with E-state index in [2.05, 4.69) is 15.9 Å². The van der Waals surface area contributed by atoms with Gasteiger partial charge in [0.15, 0.2) is 5.78 Å². The van der Waals surface area contributed by atoms with E-state index in [-0.39, 0.29) is 12.4 Å². The lowest BCUT2D eigenvalue weighted by Crippen LogP contribution is -1.97. The lowest BCUT2D eigenvalue weighted by Gasteiger charge is -1.93. The normalized spacial score (nSPS) is 10.2. The van der Waals surface area contributed by atoms with Crippen LogP contribution in [-0.4, -0.2) is 17.5 Å². The molecule has 0 aliphatic heterocycles. The van der Waals surface area contributed by atoms with Crippen molar-refractivity contribution < 1.29 is 9.90 Å². The van der Waals surface area contributed by atoms with E-state index in [1.54, 1.807) is 0 Å². The van der Waals surface area contributed by atoms with Gasteiger partial charge in [-0.2, -0.15) is 0 Å². The van der Waals surface area contributed by atoms with Gasteiger partial charge < -0.3 is 5.11 Å². The molecule has 12 heavy (non-hydrogen) atoms. The number of hydrogen-bond donors (Lipinski definition) is 1. The Morgan fingerprint density at radius 3 is 2.92 bits per heavy atom. The van der Waals surface area contributed by atoms with Gasteiger partial charge in [-0.1, -0.05) is 0 Å². The molecular weight excluding hydrogens is 240 g/mol. The van der Waals surface area contributed by atoms with Crippen molar-refractivity contribution in [3.63, 3.8) is 0 Å². The summed E-state index contributed by atoms with van der Waals surface area (Å²) in [6, 6.07) is 1.81. The molecule has 1 aromatic heterocycles. The van der Waals surface area contributed by atoms with E-state index in [0.717, 1.165) is 9.35 Å². The summed E-state index contributed by atoms with van der Waals surface area (Å²) in [5.41, 5.74) is 0. The van der Waals surface area contributed by atoms with Crippen LogP contribution in [0.15, 0.2) is 15.9 Å². The number of aliphatic hydroxyl groups is 1. The van der Waals surface area contributed by atoms with E-state index < -0.39 is 0 Å². The Kier molecular flexibility index (Phi) is 3.91. The molecule has 0 aromatic carbocycles. The molecule has 1 heterocycles. The Hall–Kier alpha value is -0.190. The summed E-state index contributed by atoms with van der Waals surface area (Å²) < 4.78 is 0.944. The molecule has 2 nitrogen and oxygen atoms in total. The SMILES string of the molecule is O=C(CCCO)c1cc(Br)cs1. The van der Waals surface area contributed by atoms with Crippen LogP contribution in [0.5, 0.6) is 0 Å². The average molecular weight is 249 g/mol. The van der Waals surface area contributed by atoms with Gasteiger partial charge in [-0.3, -0.25) is 4.79 Å². The first-order valence-electron chi connectivity index (χ1n) is 3.62. The fourth-order valence-corrected chi connectivity index (χ4v) is 2.22. The van der Waals surface area contributed by atoms with Gasteiger partial charge in [-0.15, -0.1) is 11.3 Å². The Morgan fingerprint density at radius 2 is 2.42 bits per heavy atom. The van der Waals surface area contributed by atoms with Crippen LogP contribution in [0.3, 0.4) is 0 Å². The zero-order valence-electron chi connectivity index (χ0n) is 6.42. The second kappa shape index (κ2) is 4.74. The third-order valence-corrected chi connectivity index (χ3v) is 3.14. The number of hydrogen-bond acceptors (Lipinski definition) is 3. The molecule has 0 atom stereocenters. The molecule has 0 aliphatic rings. The van der Waals surface area contributed by atoms with Crippen LogP contribution >= 0.6 is 27.3 Å². The summed E-state index contributed by atoms with van der Waals surface area (Å²) in [5, 5.41) is 10.4. The van der Waals surface area contributed by atoms with Crippen molar-refractivity contribution in [2.45, 2.75) is 12.8 Å². The minimum absolute atomic E-state index is 0.0816. The van der Waals surface area contributed by atoms with E-state index in [4.69, 9.17) is 5.11 Å². The summed E-state index contributed by atoms with van der Waals surface area (Å²) in [6.07, 6.45) is 0.984. The summed E-state index contributed by atoms with van der Waals surface area (Å²) in [4.78, 5) is 12.1. The van der Waals surface area contributed by atoms with Crippen molar-refractivity contribution in [2.24, 2.45) is 0 Å². The predicted octanol–water partition coefficient (Wildman–Crippen LogP) is 2.47. The van der Waals surface area contributed by atoms with E-state index in [9.17, 15) is 4.79 Å². The summed E-state index contributed by atoms with van der Waals surface area (Å²) in [5.74, 6) is 0.111. The minimum Gasteiger partial charge on any atom is -0.396 e. The Morgan fingerprint density at radius 1 is 1.67 bits per heavy atom. The lowest BCUT2D eigenvalue weighted by atomic mass is 10.2. The number of halogens is 1. The smallest absolute Gasteiger partial charge is 0.172 e. The van der Waals surface area contributed by atoms with Gasteiger partial charge in [0.25, 0.3) is 0 Å². The third-order valence-electron chi connectivity index (χ3n) is 1.40. The van der Waals surface area contributed by atoms with E-state index in [1.165, 1.54) is 11.3 Å². The second-order valence-electron chi connectivity index (χ2n) is 2.38. The summed E-state index contributed by atoms with van der Waals surface area (Å²) >= 11 is 4.71. The van der Waals surface area contributed by atoms with Gasteiger partial charge in [0, 0.05) is 22.9 Å². The van der Waals surface area contributed by atoms with Crippen molar-refractivity contribution in [1.29, 1.82) is 0 Å². The lowest BCUT2D eigenvalue weighted by molar-refractivity contribution is 0.0975. The number of carbonyl (C=O) groups is 1. The largest absolute Gasteiger partial charge is 0.396 e. The van der Waals surface area contributed by atoms with Gasteiger partial charge in [0.2, 0.25) is 0 Å². The molecule has 0 bridgehead atoms. The highest BCUT2D eigenvalue weighted by molar-refractivity contribution is 9.10. The minimum atomic E-state index is 0.0816. The molecule has 1 rings (SSSR count). The van der Waals surface area contributed by atoms with Crippen molar-refractivity contribution in [2.75, 3.05) is 6.61 Å². The zero-order chi connectivity index (χ0) is 8.97. The molecule has 4 heteroatoms. The molecule has 0 fully saturated rings. The second-order valence-corrected chi connectivity index (χ2v) is 4.21. The highest BCUT2D eigenvalue weighted by atomic mass is 79.9.